The van der Waals surface area contributed by atoms with Crippen LogP contribution in [0.1, 0.15) is 10.4 Å². The van der Waals surface area contributed by atoms with Gasteiger partial charge in [-0.3, -0.25) is 10.1 Å². The Morgan fingerprint density at radius 1 is 1.40 bits per heavy atom. The van der Waals surface area contributed by atoms with Crippen LogP contribution < -0.4 is 4.74 Å². The minimum absolute atomic E-state index is 0.138. The molecule has 1 N–H and O–H groups in total. The molecule has 1 aromatic carbocycles. The van der Waals surface area contributed by atoms with Gasteiger partial charge in [0.05, 0.1) is 15.6 Å². The lowest BCUT2D eigenvalue weighted by Crippen LogP contribution is -2.04. The van der Waals surface area contributed by atoms with Gasteiger partial charge >= 0.3 is 11.7 Å². The molecule has 102 valence electrons. The second kappa shape index (κ2) is 5.61. The summed E-state index contributed by atoms with van der Waals surface area (Å²) in [6, 6.07) is 5.41. The van der Waals surface area contributed by atoms with E-state index in [0.717, 1.165) is 0 Å². The van der Waals surface area contributed by atoms with Gasteiger partial charge in [0.1, 0.15) is 5.56 Å². The molecule has 8 nitrogen and oxygen atoms in total. The van der Waals surface area contributed by atoms with Gasteiger partial charge in [0.15, 0.2) is 0 Å². The first-order valence-corrected chi connectivity index (χ1v) is 5.95. The largest absolute Gasteiger partial charge is 0.477 e. The van der Waals surface area contributed by atoms with Gasteiger partial charge in [0.2, 0.25) is 5.75 Å². The van der Waals surface area contributed by atoms with E-state index in [1.807, 2.05) is 0 Å². The Hall–Kier alpha value is -2.55. The summed E-state index contributed by atoms with van der Waals surface area (Å²) in [4.78, 5) is 21.3. The lowest BCUT2D eigenvalue weighted by Gasteiger charge is -2.08. The average molecular weight is 340 g/mol. The molecule has 0 atom stereocenters. The second-order valence-electron chi connectivity index (χ2n) is 3.50. The average Bonchev–Trinajstić information content (AvgIpc) is 2.41. The molecule has 0 aliphatic rings. The number of carbonyl (C=O) groups is 1. The van der Waals surface area contributed by atoms with E-state index in [-0.39, 0.29) is 22.9 Å². The number of ether oxygens (including phenoxy) is 1. The van der Waals surface area contributed by atoms with Crippen molar-refractivity contribution in [1.29, 1.82) is 0 Å². The first kappa shape index (κ1) is 13.9. The van der Waals surface area contributed by atoms with Gasteiger partial charge in [0, 0.05) is 6.07 Å². The second-order valence-corrected chi connectivity index (χ2v) is 4.36. The Morgan fingerprint density at radius 2 is 2.15 bits per heavy atom. The van der Waals surface area contributed by atoms with Crippen molar-refractivity contribution in [3.05, 3.63) is 50.6 Å². The van der Waals surface area contributed by atoms with Crippen LogP contribution in [0.4, 0.5) is 5.69 Å². The van der Waals surface area contributed by atoms with Gasteiger partial charge in [-0.15, -0.1) is 5.10 Å². The number of para-hydroxylation sites is 1. The number of benzene rings is 1. The Kier molecular flexibility index (Phi) is 3.89. The molecule has 0 amide bonds. The number of rotatable bonds is 4. The Bertz CT molecular complexity index is 692. The molecule has 0 unspecified atom stereocenters. The molecule has 20 heavy (non-hydrogen) atoms. The minimum atomic E-state index is -1.27. The number of carboxylic acid groups (broad SMARTS) is 1. The minimum Gasteiger partial charge on any atom is -0.477 e. The number of halogens is 1. The first-order chi connectivity index (χ1) is 9.50. The zero-order chi connectivity index (χ0) is 14.7. The highest BCUT2D eigenvalue weighted by atomic mass is 79.9. The van der Waals surface area contributed by atoms with E-state index in [9.17, 15) is 14.9 Å². The molecule has 0 radical (unpaired) electrons. The molecule has 9 heteroatoms. The zero-order valence-corrected chi connectivity index (χ0v) is 11.3. The summed E-state index contributed by atoms with van der Waals surface area (Å²) in [6.07, 6.45) is 1.19. The van der Waals surface area contributed by atoms with Crippen LogP contribution in [-0.4, -0.2) is 26.2 Å². The molecular formula is C11H6BrN3O5. The summed E-state index contributed by atoms with van der Waals surface area (Å²) in [5.41, 5.74) is -0.564. The smallest absolute Gasteiger partial charge is 0.341 e. The van der Waals surface area contributed by atoms with Crippen LogP contribution in [0.25, 0.3) is 0 Å². The third-order valence-electron chi connectivity index (χ3n) is 2.26. The Labute approximate surface area is 120 Å². The predicted molar refractivity (Wildman–Crippen MR) is 69.9 cm³/mol. The highest BCUT2D eigenvalue weighted by molar-refractivity contribution is 9.10. The number of carboxylic acids is 1. The number of aromatic nitrogens is 2. The maximum Gasteiger partial charge on any atom is 0.341 e. The first-order valence-electron chi connectivity index (χ1n) is 5.16. The number of hydrogen-bond donors (Lipinski definition) is 1. The molecule has 0 aliphatic heterocycles. The summed E-state index contributed by atoms with van der Waals surface area (Å²) in [5.74, 6) is -1.74. The van der Waals surface area contributed by atoms with Crippen molar-refractivity contribution in [2.24, 2.45) is 0 Å². The summed E-state index contributed by atoms with van der Waals surface area (Å²) in [6.45, 7) is 0. The lowest BCUT2D eigenvalue weighted by molar-refractivity contribution is -0.385. The molecule has 0 spiro atoms. The quantitative estimate of drug-likeness (QED) is 0.672. The van der Waals surface area contributed by atoms with Crippen molar-refractivity contribution >= 4 is 27.6 Å². The Morgan fingerprint density at radius 3 is 2.80 bits per heavy atom. The number of nitrogens with zero attached hydrogens (tertiary/aromatic N) is 3. The standard InChI is InChI=1S/C11H6BrN3O5/c12-7-2-1-3-8(15(18)19)9(7)20-10-6(11(16)17)4-5-13-14-10/h1-5H,(H,16,17). The van der Waals surface area contributed by atoms with Crippen LogP contribution in [0, 0.1) is 10.1 Å². The van der Waals surface area contributed by atoms with E-state index in [1.165, 1.54) is 30.5 Å². The highest BCUT2D eigenvalue weighted by Gasteiger charge is 2.22. The van der Waals surface area contributed by atoms with E-state index < -0.39 is 10.9 Å². The third-order valence-corrected chi connectivity index (χ3v) is 2.88. The van der Waals surface area contributed by atoms with Crippen LogP contribution in [-0.2, 0) is 0 Å². The van der Waals surface area contributed by atoms with E-state index in [0.29, 0.717) is 4.47 Å². The van der Waals surface area contributed by atoms with Crippen molar-refractivity contribution in [1.82, 2.24) is 10.2 Å². The van der Waals surface area contributed by atoms with Crippen LogP contribution >= 0.6 is 15.9 Å². The molecule has 0 saturated carbocycles. The molecule has 2 aromatic rings. The van der Waals surface area contributed by atoms with Gasteiger partial charge in [-0.1, -0.05) is 6.07 Å². The van der Waals surface area contributed by atoms with Gasteiger partial charge in [-0.2, -0.15) is 5.10 Å². The lowest BCUT2D eigenvalue weighted by atomic mass is 10.3. The maximum atomic E-state index is 11.0. The molecule has 0 fully saturated rings. The van der Waals surface area contributed by atoms with Crippen LogP contribution in [0.5, 0.6) is 11.6 Å². The number of nitro benzene ring substituents is 1. The van der Waals surface area contributed by atoms with Crippen molar-refractivity contribution in [2.45, 2.75) is 0 Å². The van der Waals surface area contributed by atoms with E-state index in [1.54, 1.807) is 0 Å². The van der Waals surface area contributed by atoms with Crippen molar-refractivity contribution in [3.8, 4) is 11.6 Å². The SMILES string of the molecule is O=C(O)c1ccnnc1Oc1c(Br)cccc1[N+](=O)[O-]. The molecular weight excluding hydrogens is 334 g/mol. The van der Waals surface area contributed by atoms with Crippen LogP contribution in [0.15, 0.2) is 34.9 Å². The van der Waals surface area contributed by atoms with Gasteiger partial charge in [0.25, 0.3) is 5.88 Å². The van der Waals surface area contributed by atoms with Gasteiger partial charge in [-0.25, -0.2) is 4.79 Å². The molecule has 1 heterocycles. The summed E-state index contributed by atoms with van der Waals surface area (Å²) >= 11 is 3.11. The van der Waals surface area contributed by atoms with E-state index in [4.69, 9.17) is 9.84 Å². The van der Waals surface area contributed by atoms with Gasteiger partial charge in [-0.05, 0) is 28.1 Å². The monoisotopic (exact) mass is 339 g/mol. The fourth-order valence-corrected chi connectivity index (χ4v) is 1.83. The van der Waals surface area contributed by atoms with E-state index in [2.05, 4.69) is 26.1 Å². The van der Waals surface area contributed by atoms with E-state index >= 15 is 0 Å². The summed E-state index contributed by atoms with van der Waals surface area (Å²) in [5, 5.41) is 27.0. The van der Waals surface area contributed by atoms with Crippen molar-refractivity contribution < 1.29 is 19.6 Å². The van der Waals surface area contributed by atoms with Crippen molar-refractivity contribution in [2.75, 3.05) is 0 Å². The van der Waals surface area contributed by atoms with Crippen molar-refractivity contribution in [3.63, 3.8) is 0 Å². The topological polar surface area (TPSA) is 115 Å². The van der Waals surface area contributed by atoms with Crippen LogP contribution in [0.2, 0.25) is 0 Å². The fraction of sp³-hybridized carbons (Fsp3) is 0. The maximum absolute atomic E-state index is 11.0. The zero-order valence-electron chi connectivity index (χ0n) is 9.69. The third kappa shape index (κ3) is 2.72. The predicted octanol–water partition coefficient (Wildman–Crippen LogP) is 2.64. The molecule has 1 aromatic heterocycles. The summed E-state index contributed by atoms with van der Waals surface area (Å²) in [7, 11) is 0. The number of aromatic carboxylic acids is 1. The number of hydrogen-bond acceptors (Lipinski definition) is 6. The normalized spacial score (nSPS) is 10.1. The van der Waals surface area contributed by atoms with Crippen LogP contribution in [0.3, 0.4) is 0 Å². The Balaban J connectivity index is 2.51. The highest BCUT2D eigenvalue weighted by Crippen LogP contribution is 2.37. The number of nitro groups is 1. The van der Waals surface area contributed by atoms with Gasteiger partial charge < -0.3 is 9.84 Å². The molecule has 2 rings (SSSR count). The summed E-state index contributed by atoms with van der Waals surface area (Å²) < 4.78 is 5.55. The molecule has 0 saturated heterocycles. The fourth-order valence-electron chi connectivity index (χ4n) is 1.40. The molecule has 0 aliphatic carbocycles. The molecule has 0 bridgehead atoms.